The van der Waals surface area contributed by atoms with Gasteiger partial charge in [0.1, 0.15) is 6.04 Å². The SMILES string of the molecule is Cc1n[nH]c(C)c1NC(=O)CCC1NC(=O)c2ccccc2NC1=O. The standard InChI is InChI=1S/C17H19N5O3/c1-9-15(10(2)22-21-9)20-14(23)8-7-13-17(25)18-12-6-4-3-5-11(12)16(24)19-13/h3-6,13H,7-8H2,1-2H3,(H,18,25)(H,19,24)(H,20,23)(H,21,22). The van der Waals surface area contributed by atoms with Crippen molar-refractivity contribution in [3.8, 4) is 0 Å². The minimum atomic E-state index is -0.766. The number of carbonyl (C=O) groups excluding carboxylic acids is 3. The van der Waals surface area contributed by atoms with E-state index >= 15 is 0 Å². The number of aromatic amines is 1. The quantitative estimate of drug-likeness (QED) is 0.674. The van der Waals surface area contributed by atoms with Gasteiger partial charge >= 0.3 is 0 Å². The van der Waals surface area contributed by atoms with E-state index in [9.17, 15) is 14.4 Å². The van der Waals surface area contributed by atoms with Crippen LogP contribution in [0.5, 0.6) is 0 Å². The van der Waals surface area contributed by atoms with Gasteiger partial charge in [-0.05, 0) is 32.4 Å². The third kappa shape index (κ3) is 3.52. The van der Waals surface area contributed by atoms with Gasteiger partial charge in [-0.3, -0.25) is 19.5 Å². The molecule has 0 aliphatic carbocycles. The fourth-order valence-corrected chi connectivity index (χ4v) is 2.73. The van der Waals surface area contributed by atoms with Gasteiger partial charge in [0.2, 0.25) is 11.8 Å². The molecule has 1 aromatic heterocycles. The van der Waals surface area contributed by atoms with E-state index in [1.165, 1.54) is 0 Å². The summed E-state index contributed by atoms with van der Waals surface area (Å²) < 4.78 is 0. The largest absolute Gasteiger partial charge is 0.340 e. The first kappa shape index (κ1) is 16.7. The molecule has 1 unspecified atom stereocenters. The van der Waals surface area contributed by atoms with Crippen LogP contribution >= 0.6 is 0 Å². The van der Waals surface area contributed by atoms with E-state index in [1.807, 2.05) is 6.92 Å². The Kier molecular flexibility index (Phi) is 4.51. The monoisotopic (exact) mass is 341 g/mol. The second kappa shape index (κ2) is 6.76. The average molecular weight is 341 g/mol. The molecule has 2 aromatic rings. The fraction of sp³-hybridized carbons (Fsp3) is 0.294. The minimum absolute atomic E-state index is 0.0960. The molecule has 8 heteroatoms. The highest BCUT2D eigenvalue weighted by atomic mass is 16.2. The molecule has 0 bridgehead atoms. The third-order valence-electron chi connectivity index (χ3n) is 4.10. The van der Waals surface area contributed by atoms with Crippen molar-refractivity contribution in [3.63, 3.8) is 0 Å². The number of hydrogen-bond donors (Lipinski definition) is 4. The van der Waals surface area contributed by atoms with E-state index < -0.39 is 6.04 Å². The van der Waals surface area contributed by atoms with Crippen molar-refractivity contribution in [2.24, 2.45) is 0 Å². The molecule has 25 heavy (non-hydrogen) atoms. The lowest BCUT2D eigenvalue weighted by molar-refractivity contribution is -0.118. The minimum Gasteiger partial charge on any atom is -0.340 e. The number of fused-ring (bicyclic) bond motifs is 1. The Morgan fingerprint density at radius 2 is 2.00 bits per heavy atom. The molecule has 1 atom stereocenters. The third-order valence-corrected chi connectivity index (χ3v) is 4.10. The lowest BCUT2D eigenvalue weighted by Crippen LogP contribution is -2.41. The van der Waals surface area contributed by atoms with E-state index in [1.54, 1.807) is 31.2 Å². The topological polar surface area (TPSA) is 116 Å². The smallest absolute Gasteiger partial charge is 0.254 e. The molecule has 0 saturated carbocycles. The van der Waals surface area contributed by atoms with Gasteiger partial charge in [-0.2, -0.15) is 5.10 Å². The number of nitrogens with zero attached hydrogens (tertiary/aromatic N) is 1. The second-order valence-electron chi connectivity index (χ2n) is 5.96. The zero-order valence-electron chi connectivity index (χ0n) is 14.0. The Bertz CT molecular complexity index is 823. The normalized spacial score (nSPS) is 16.5. The van der Waals surface area contributed by atoms with Gasteiger partial charge in [-0.1, -0.05) is 12.1 Å². The summed E-state index contributed by atoms with van der Waals surface area (Å²) in [6, 6.07) is 6.03. The Hall–Kier alpha value is -3.16. The summed E-state index contributed by atoms with van der Waals surface area (Å²) in [5.41, 5.74) is 2.99. The maximum absolute atomic E-state index is 12.3. The van der Waals surface area contributed by atoms with Gasteiger partial charge < -0.3 is 16.0 Å². The molecule has 2 heterocycles. The second-order valence-corrected chi connectivity index (χ2v) is 5.96. The number of amides is 3. The molecule has 1 aliphatic rings. The Balaban J connectivity index is 1.63. The number of anilines is 2. The highest BCUT2D eigenvalue weighted by Gasteiger charge is 2.28. The molecule has 1 aromatic carbocycles. The van der Waals surface area contributed by atoms with E-state index in [0.29, 0.717) is 22.6 Å². The molecule has 8 nitrogen and oxygen atoms in total. The maximum Gasteiger partial charge on any atom is 0.254 e. The van der Waals surface area contributed by atoms with E-state index in [0.717, 1.165) is 5.69 Å². The van der Waals surface area contributed by atoms with Crippen LogP contribution in [0.15, 0.2) is 24.3 Å². The predicted octanol–water partition coefficient (Wildman–Crippen LogP) is 1.50. The van der Waals surface area contributed by atoms with Crippen molar-refractivity contribution < 1.29 is 14.4 Å². The molecule has 3 amide bonds. The lowest BCUT2D eigenvalue weighted by Gasteiger charge is -2.14. The van der Waals surface area contributed by atoms with Crippen LogP contribution in [0.1, 0.15) is 34.6 Å². The zero-order valence-corrected chi connectivity index (χ0v) is 14.0. The van der Waals surface area contributed by atoms with Gasteiger partial charge in [0.25, 0.3) is 5.91 Å². The van der Waals surface area contributed by atoms with Crippen LogP contribution in [-0.2, 0) is 9.59 Å². The number of aromatic nitrogens is 2. The predicted molar refractivity (Wildman–Crippen MR) is 92.3 cm³/mol. The number of aryl methyl sites for hydroxylation is 2. The van der Waals surface area contributed by atoms with E-state index in [-0.39, 0.29) is 30.6 Å². The average Bonchev–Trinajstić information content (AvgIpc) is 2.83. The molecule has 130 valence electrons. The van der Waals surface area contributed by atoms with Crippen molar-refractivity contribution in [3.05, 3.63) is 41.2 Å². The number of para-hydroxylation sites is 1. The van der Waals surface area contributed by atoms with Crippen LogP contribution in [0.4, 0.5) is 11.4 Å². The molecule has 1 aliphatic heterocycles. The molecule has 4 N–H and O–H groups in total. The summed E-state index contributed by atoms with van der Waals surface area (Å²) in [6.45, 7) is 3.60. The Labute approximate surface area is 144 Å². The molecule has 0 saturated heterocycles. The highest BCUT2D eigenvalue weighted by molar-refractivity contribution is 6.10. The Morgan fingerprint density at radius 1 is 1.24 bits per heavy atom. The number of carbonyl (C=O) groups is 3. The number of rotatable bonds is 4. The maximum atomic E-state index is 12.3. The van der Waals surface area contributed by atoms with Crippen molar-refractivity contribution in [2.45, 2.75) is 32.7 Å². The summed E-state index contributed by atoms with van der Waals surface area (Å²) in [5.74, 6) is -0.904. The number of benzene rings is 1. The number of nitrogens with one attached hydrogen (secondary N) is 4. The van der Waals surface area contributed by atoms with Crippen LogP contribution in [0.25, 0.3) is 0 Å². The summed E-state index contributed by atoms with van der Waals surface area (Å²) >= 11 is 0. The van der Waals surface area contributed by atoms with E-state index in [4.69, 9.17) is 0 Å². The van der Waals surface area contributed by atoms with Crippen molar-refractivity contribution >= 4 is 29.1 Å². The molecule has 3 rings (SSSR count). The Morgan fingerprint density at radius 3 is 2.72 bits per heavy atom. The van der Waals surface area contributed by atoms with Gasteiger partial charge in [-0.15, -0.1) is 0 Å². The summed E-state index contributed by atoms with van der Waals surface area (Å²) in [7, 11) is 0. The van der Waals surface area contributed by atoms with Crippen LogP contribution < -0.4 is 16.0 Å². The van der Waals surface area contributed by atoms with E-state index in [2.05, 4.69) is 26.1 Å². The van der Waals surface area contributed by atoms with Crippen molar-refractivity contribution in [1.29, 1.82) is 0 Å². The number of hydrogen-bond acceptors (Lipinski definition) is 4. The van der Waals surface area contributed by atoms with Gasteiger partial charge in [0.15, 0.2) is 0 Å². The fourth-order valence-electron chi connectivity index (χ4n) is 2.73. The number of H-pyrrole nitrogens is 1. The summed E-state index contributed by atoms with van der Waals surface area (Å²) in [5, 5.41) is 15.0. The van der Waals surface area contributed by atoms with Gasteiger partial charge in [0.05, 0.1) is 28.3 Å². The molecule has 0 spiro atoms. The van der Waals surface area contributed by atoms with Crippen LogP contribution in [-0.4, -0.2) is 34.0 Å². The summed E-state index contributed by atoms with van der Waals surface area (Å²) in [6.07, 6.45) is 0.298. The van der Waals surface area contributed by atoms with Crippen LogP contribution in [0.3, 0.4) is 0 Å². The van der Waals surface area contributed by atoms with Crippen LogP contribution in [0, 0.1) is 13.8 Å². The lowest BCUT2D eigenvalue weighted by atomic mass is 10.1. The first-order valence-electron chi connectivity index (χ1n) is 7.98. The molecule has 0 fully saturated rings. The van der Waals surface area contributed by atoms with Crippen LogP contribution in [0.2, 0.25) is 0 Å². The first-order valence-corrected chi connectivity index (χ1v) is 7.98. The van der Waals surface area contributed by atoms with Gasteiger partial charge in [0, 0.05) is 6.42 Å². The van der Waals surface area contributed by atoms with Gasteiger partial charge in [-0.25, -0.2) is 0 Å². The first-order chi connectivity index (χ1) is 12.0. The zero-order chi connectivity index (χ0) is 18.0. The summed E-state index contributed by atoms with van der Waals surface area (Å²) in [4.78, 5) is 36.7. The highest BCUT2D eigenvalue weighted by Crippen LogP contribution is 2.20. The molecular formula is C17H19N5O3. The van der Waals surface area contributed by atoms with Crippen molar-refractivity contribution in [1.82, 2.24) is 15.5 Å². The molecular weight excluding hydrogens is 322 g/mol. The van der Waals surface area contributed by atoms with Crippen molar-refractivity contribution in [2.75, 3.05) is 10.6 Å². The molecule has 0 radical (unpaired) electrons.